The van der Waals surface area contributed by atoms with Gasteiger partial charge in [0.1, 0.15) is 6.61 Å². The number of esters is 1. The number of carbonyl (C=O) groups is 3. The summed E-state index contributed by atoms with van der Waals surface area (Å²) in [6, 6.07) is 0. The van der Waals surface area contributed by atoms with Crippen molar-refractivity contribution in [2.24, 2.45) is 0 Å². The third-order valence-electron chi connectivity index (χ3n) is 3.20. The summed E-state index contributed by atoms with van der Waals surface area (Å²) in [5.74, 6) is -0.986. The summed E-state index contributed by atoms with van der Waals surface area (Å²) in [6.07, 6.45) is 4.33. The van der Waals surface area contributed by atoms with Crippen molar-refractivity contribution in [3.8, 4) is 0 Å². The Morgan fingerprint density at radius 3 is 2.28 bits per heavy atom. The summed E-state index contributed by atoms with van der Waals surface area (Å²) >= 11 is 0. The smallest absolute Gasteiger partial charge is 0.330 e. The molecule has 0 unspecified atom stereocenters. The van der Waals surface area contributed by atoms with Gasteiger partial charge in [-0.05, 0) is 25.7 Å². The van der Waals surface area contributed by atoms with Gasteiger partial charge in [0.15, 0.2) is 0 Å². The zero-order valence-electron chi connectivity index (χ0n) is 10.1. The van der Waals surface area contributed by atoms with E-state index in [4.69, 9.17) is 4.74 Å². The Morgan fingerprint density at radius 1 is 1.22 bits per heavy atom. The maximum atomic E-state index is 12.0. The number of carbonyl (C=O) groups excluding carboxylic acids is 3. The van der Waals surface area contributed by atoms with E-state index in [9.17, 15) is 14.4 Å². The number of ether oxygens (including phenoxy) is 1. The van der Waals surface area contributed by atoms with E-state index in [1.54, 1.807) is 0 Å². The van der Waals surface area contributed by atoms with Crippen LogP contribution in [0.3, 0.4) is 0 Å². The Hall–Kier alpha value is -1.91. The SMILES string of the molecule is C=CC(=O)OCCN1C(=O)C2=C(CCCC2)C1=O. The van der Waals surface area contributed by atoms with Gasteiger partial charge in [-0.1, -0.05) is 6.58 Å². The van der Waals surface area contributed by atoms with Gasteiger partial charge in [-0.2, -0.15) is 0 Å². The van der Waals surface area contributed by atoms with Gasteiger partial charge in [0.2, 0.25) is 0 Å². The molecule has 1 aliphatic carbocycles. The quantitative estimate of drug-likeness (QED) is 0.423. The summed E-state index contributed by atoms with van der Waals surface area (Å²) < 4.78 is 4.78. The molecular formula is C13H15NO4. The fourth-order valence-electron chi connectivity index (χ4n) is 2.29. The Balaban J connectivity index is 1.96. The maximum absolute atomic E-state index is 12.0. The van der Waals surface area contributed by atoms with Gasteiger partial charge >= 0.3 is 5.97 Å². The molecule has 5 nitrogen and oxygen atoms in total. The first-order chi connectivity index (χ1) is 8.65. The lowest BCUT2D eigenvalue weighted by atomic mass is 9.93. The average molecular weight is 249 g/mol. The van der Waals surface area contributed by atoms with Crippen LogP contribution in [0.25, 0.3) is 0 Å². The third-order valence-corrected chi connectivity index (χ3v) is 3.20. The zero-order valence-corrected chi connectivity index (χ0v) is 10.1. The predicted molar refractivity (Wildman–Crippen MR) is 63.4 cm³/mol. The predicted octanol–water partition coefficient (Wildman–Crippen LogP) is 0.955. The lowest BCUT2D eigenvalue weighted by molar-refractivity contribution is -0.144. The van der Waals surface area contributed by atoms with Crippen molar-refractivity contribution in [2.45, 2.75) is 25.7 Å². The normalized spacial score (nSPS) is 19.0. The van der Waals surface area contributed by atoms with Gasteiger partial charge in [-0.15, -0.1) is 0 Å². The summed E-state index contributed by atoms with van der Waals surface area (Å²) in [7, 11) is 0. The van der Waals surface area contributed by atoms with Gasteiger partial charge in [0.25, 0.3) is 11.8 Å². The van der Waals surface area contributed by atoms with Gasteiger partial charge < -0.3 is 4.74 Å². The van der Waals surface area contributed by atoms with E-state index >= 15 is 0 Å². The highest BCUT2D eigenvalue weighted by atomic mass is 16.5. The van der Waals surface area contributed by atoms with Crippen LogP contribution in [0.2, 0.25) is 0 Å². The van der Waals surface area contributed by atoms with Crippen LogP contribution in [-0.2, 0) is 19.1 Å². The number of amides is 2. The topological polar surface area (TPSA) is 63.7 Å². The molecule has 0 fully saturated rings. The van der Waals surface area contributed by atoms with Crippen LogP contribution in [0.15, 0.2) is 23.8 Å². The van der Waals surface area contributed by atoms with Crippen LogP contribution in [0.4, 0.5) is 0 Å². The van der Waals surface area contributed by atoms with Crippen molar-refractivity contribution in [1.82, 2.24) is 4.90 Å². The Morgan fingerprint density at radius 2 is 1.78 bits per heavy atom. The Labute approximate surface area is 105 Å². The summed E-state index contributed by atoms with van der Waals surface area (Å²) in [5, 5.41) is 0. The number of nitrogens with zero attached hydrogens (tertiary/aromatic N) is 1. The minimum absolute atomic E-state index is 0.0168. The molecule has 0 radical (unpaired) electrons. The number of hydrogen-bond acceptors (Lipinski definition) is 4. The first kappa shape index (κ1) is 12.5. The standard InChI is InChI=1S/C13H15NO4/c1-2-11(15)18-8-7-14-12(16)9-5-3-4-6-10(9)13(14)17/h2H,1,3-8H2. The van der Waals surface area contributed by atoms with E-state index in [0.717, 1.165) is 18.9 Å². The Kier molecular flexibility index (Phi) is 3.60. The second-order valence-corrected chi connectivity index (χ2v) is 4.30. The summed E-state index contributed by atoms with van der Waals surface area (Å²) in [6.45, 7) is 3.40. The highest BCUT2D eigenvalue weighted by Gasteiger charge is 2.38. The van der Waals surface area contributed by atoms with Crippen molar-refractivity contribution >= 4 is 17.8 Å². The largest absolute Gasteiger partial charge is 0.461 e. The van der Waals surface area contributed by atoms with E-state index in [2.05, 4.69) is 6.58 Å². The number of rotatable bonds is 4. The molecule has 1 aliphatic heterocycles. The highest BCUT2D eigenvalue weighted by Crippen LogP contribution is 2.32. The summed E-state index contributed by atoms with van der Waals surface area (Å²) in [4.78, 5) is 36.0. The van der Waals surface area contributed by atoms with E-state index < -0.39 is 5.97 Å². The first-order valence-electron chi connectivity index (χ1n) is 6.02. The van der Waals surface area contributed by atoms with Crippen molar-refractivity contribution in [3.05, 3.63) is 23.8 Å². The van der Waals surface area contributed by atoms with E-state index in [1.807, 2.05) is 0 Å². The Bertz CT molecular complexity index is 422. The van der Waals surface area contributed by atoms with Gasteiger partial charge in [0, 0.05) is 17.2 Å². The average Bonchev–Trinajstić information content (AvgIpc) is 2.64. The van der Waals surface area contributed by atoms with Crippen molar-refractivity contribution in [3.63, 3.8) is 0 Å². The maximum Gasteiger partial charge on any atom is 0.330 e. The molecule has 0 bridgehead atoms. The minimum atomic E-state index is -0.549. The molecule has 0 aromatic carbocycles. The highest BCUT2D eigenvalue weighted by molar-refractivity contribution is 6.19. The molecule has 0 atom stereocenters. The molecule has 0 saturated heterocycles. The molecule has 0 spiro atoms. The molecule has 2 rings (SSSR count). The number of hydrogen-bond donors (Lipinski definition) is 0. The van der Waals surface area contributed by atoms with Crippen LogP contribution in [0, 0.1) is 0 Å². The van der Waals surface area contributed by atoms with E-state index in [0.29, 0.717) is 24.0 Å². The molecule has 18 heavy (non-hydrogen) atoms. The van der Waals surface area contributed by atoms with Crippen LogP contribution in [0.5, 0.6) is 0 Å². The minimum Gasteiger partial charge on any atom is -0.461 e. The van der Waals surface area contributed by atoms with Gasteiger partial charge in [-0.3, -0.25) is 14.5 Å². The van der Waals surface area contributed by atoms with Crippen LogP contribution in [-0.4, -0.2) is 35.8 Å². The molecule has 0 aromatic rings. The second kappa shape index (κ2) is 5.16. The molecule has 96 valence electrons. The zero-order chi connectivity index (χ0) is 13.1. The molecule has 2 aliphatic rings. The molecular weight excluding hydrogens is 234 g/mol. The van der Waals surface area contributed by atoms with Crippen LogP contribution < -0.4 is 0 Å². The van der Waals surface area contributed by atoms with Crippen molar-refractivity contribution < 1.29 is 19.1 Å². The molecule has 0 saturated carbocycles. The van der Waals surface area contributed by atoms with Gasteiger partial charge in [-0.25, -0.2) is 4.79 Å². The third kappa shape index (κ3) is 2.20. The fraction of sp³-hybridized carbons (Fsp3) is 0.462. The lowest BCUT2D eigenvalue weighted by Crippen LogP contribution is -2.35. The molecule has 1 heterocycles. The van der Waals surface area contributed by atoms with Gasteiger partial charge in [0.05, 0.1) is 6.54 Å². The van der Waals surface area contributed by atoms with Crippen LogP contribution >= 0.6 is 0 Å². The van der Waals surface area contributed by atoms with E-state index in [-0.39, 0.29) is 25.0 Å². The van der Waals surface area contributed by atoms with Crippen LogP contribution in [0.1, 0.15) is 25.7 Å². The second-order valence-electron chi connectivity index (χ2n) is 4.30. The van der Waals surface area contributed by atoms with E-state index in [1.165, 1.54) is 4.90 Å². The summed E-state index contributed by atoms with van der Waals surface area (Å²) in [5.41, 5.74) is 1.31. The molecule has 2 amide bonds. The molecule has 0 aromatic heterocycles. The molecule has 5 heteroatoms. The molecule has 0 N–H and O–H groups in total. The van der Waals surface area contributed by atoms with Crippen molar-refractivity contribution in [1.29, 1.82) is 0 Å². The van der Waals surface area contributed by atoms with Crippen molar-refractivity contribution in [2.75, 3.05) is 13.2 Å². The first-order valence-corrected chi connectivity index (χ1v) is 6.02. The number of imide groups is 1. The fourth-order valence-corrected chi connectivity index (χ4v) is 2.29. The lowest BCUT2D eigenvalue weighted by Gasteiger charge is -2.14. The monoisotopic (exact) mass is 249 g/mol.